The molecule has 0 radical (unpaired) electrons. The van der Waals surface area contributed by atoms with Gasteiger partial charge in [0.15, 0.2) is 11.5 Å². The average Bonchev–Trinajstić information content (AvgIpc) is 2.90. The van der Waals surface area contributed by atoms with Crippen molar-refractivity contribution in [1.29, 1.82) is 0 Å². The van der Waals surface area contributed by atoms with Crippen molar-refractivity contribution in [3.63, 3.8) is 0 Å². The minimum atomic E-state index is 0.202. The molecule has 18 heavy (non-hydrogen) atoms. The Balaban J connectivity index is 2.24. The first kappa shape index (κ1) is 12.8. The Morgan fingerprint density at radius 1 is 1.06 bits per heavy atom. The summed E-state index contributed by atoms with van der Waals surface area (Å²) in [5.74, 6) is 2.53. The summed E-state index contributed by atoms with van der Waals surface area (Å²) in [6, 6.07) is 3.64. The highest BCUT2D eigenvalue weighted by Crippen LogP contribution is 2.41. The van der Waals surface area contributed by atoms with Gasteiger partial charge < -0.3 is 24.3 Å². The minimum Gasteiger partial charge on any atom is -0.493 e. The summed E-state index contributed by atoms with van der Waals surface area (Å²) in [4.78, 5) is 0. The van der Waals surface area contributed by atoms with E-state index in [0.717, 1.165) is 25.3 Å². The molecule has 0 spiro atoms. The lowest BCUT2D eigenvalue weighted by Gasteiger charge is -2.17. The molecule has 0 bridgehead atoms. The van der Waals surface area contributed by atoms with Crippen molar-refractivity contribution in [1.82, 2.24) is 5.32 Å². The van der Waals surface area contributed by atoms with Crippen molar-refractivity contribution >= 4 is 0 Å². The summed E-state index contributed by atoms with van der Waals surface area (Å²) < 4.78 is 21.7. The van der Waals surface area contributed by atoms with Crippen LogP contribution in [-0.4, -0.2) is 40.5 Å². The Morgan fingerprint density at radius 2 is 1.72 bits per heavy atom. The van der Waals surface area contributed by atoms with Crippen LogP contribution < -0.4 is 24.3 Å². The number of nitrogens with one attached hydrogen (secondary N) is 1. The molecule has 1 saturated heterocycles. The van der Waals surface area contributed by atoms with Crippen LogP contribution in [0.2, 0.25) is 0 Å². The van der Waals surface area contributed by atoms with Crippen LogP contribution >= 0.6 is 0 Å². The molecule has 1 aliphatic heterocycles. The van der Waals surface area contributed by atoms with Crippen LogP contribution in [0.4, 0.5) is 0 Å². The van der Waals surface area contributed by atoms with Gasteiger partial charge >= 0.3 is 0 Å². The molecular weight excluding hydrogens is 234 g/mol. The van der Waals surface area contributed by atoms with E-state index in [1.54, 1.807) is 21.3 Å². The van der Waals surface area contributed by atoms with Gasteiger partial charge in [0.2, 0.25) is 5.75 Å². The third-order valence-corrected chi connectivity index (χ3v) is 2.96. The molecule has 0 saturated carbocycles. The molecule has 0 aliphatic carbocycles. The van der Waals surface area contributed by atoms with Crippen molar-refractivity contribution < 1.29 is 18.9 Å². The molecule has 1 aromatic rings. The van der Waals surface area contributed by atoms with E-state index in [-0.39, 0.29) is 6.10 Å². The van der Waals surface area contributed by atoms with Gasteiger partial charge in [0.1, 0.15) is 11.9 Å². The van der Waals surface area contributed by atoms with E-state index >= 15 is 0 Å². The van der Waals surface area contributed by atoms with Gasteiger partial charge in [-0.1, -0.05) is 0 Å². The molecule has 5 nitrogen and oxygen atoms in total. The van der Waals surface area contributed by atoms with Crippen LogP contribution in [0, 0.1) is 0 Å². The molecule has 100 valence electrons. The minimum absolute atomic E-state index is 0.202. The molecule has 1 unspecified atom stereocenters. The van der Waals surface area contributed by atoms with E-state index < -0.39 is 0 Å². The van der Waals surface area contributed by atoms with E-state index in [4.69, 9.17) is 18.9 Å². The van der Waals surface area contributed by atoms with Gasteiger partial charge in [-0.3, -0.25) is 0 Å². The zero-order valence-corrected chi connectivity index (χ0v) is 11.0. The summed E-state index contributed by atoms with van der Waals surface area (Å²) in [6.45, 7) is 1.87. The van der Waals surface area contributed by atoms with Gasteiger partial charge in [-0.15, -0.1) is 0 Å². The highest BCUT2D eigenvalue weighted by molar-refractivity contribution is 5.55. The van der Waals surface area contributed by atoms with E-state index in [1.807, 2.05) is 12.1 Å². The zero-order chi connectivity index (χ0) is 13.0. The van der Waals surface area contributed by atoms with Gasteiger partial charge in [-0.25, -0.2) is 0 Å². The SMILES string of the molecule is COc1cc(OC2CCNC2)cc(OC)c1OC. The van der Waals surface area contributed by atoms with Gasteiger partial charge in [-0.05, 0) is 13.0 Å². The maximum atomic E-state index is 5.88. The van der Waals surface area contributed by atoms with E-state index in [0.29, 0.717) is 17.2 Å². The van der Waals surface area contributed by atoms with Crippen molar-refractivity contribution in [3.05, 3.63) is 12.1 Å². The molecule has 1 atom stereocenters. The maximum Gasteiger partial charge on any atom is 0.203 e. The number of ether oxygens (including phenoxy) is 4. The maximum absolute atomic E-state index is 5.88. The Morgan fingerprint density at radius 3 is 2.17 bits per heavy atom. The number of hydrogen-bond acceptors (Lipinski definition) is 5. The average molecular weight is 253 g/mol. The highest BCUT2D eigenvalue weighted by Gasteiger charge is 2.19. The molecular formula is C13H19NO4. The standard InChI is InChI=1S/C13H19NO4/c1-15-11-6-10(18-9-4-5-14-8-9)7-12(16-2)13(11)17-3/h6-7,9,14H,4-5,8H2,1-3H3. The van der Waals surface area contributed by atoms with Crippen LogP contribution in [0.5, 0.6) is 23.0 Å². The van der Waals surface area contributed by atoms with Crippen molar-refractivity contribution in [3.8, 4) is 23.0 Å². The second-order valence-corrected chi connectivity index (χ2v) is 4.09. The van der Waals surface area contributed by atoms with Crippen molar-refractivity contribution in [2.45, 2.75) is 12.5 Å². The third kappa shape index (κ3) is 2.61. The molecule has 1 aliphatic rings. The van der Waals surface area contributed by atoms with Crippen LogP contribution in [0.1, 0.15) is 6.42 Å². The summed E-state index contributed by atoms with van der Waals surface area (Å²) in [5.41, 5.74) is 0. The van der Waals surface area contributed by atoms with E-state index in [1.165, 1.54) is 0 Å². The fourth-order valence-corrected chi connectivity index (χ4v) is 2.05. The number of benzene rings is 1. The molecule has 1 N–H and O–H groups in total. The molecule has 0 amide bonds. The van der Waals surface area contributed by atoms with Crippen LogP contribution in [0.25, 0.3) is 0 Å². The number of hydrogen-bond donors (Lipinski definition) is 1. The summed E-state index contributed by atoms with van der Waals surface area (Å²) in [5, 5.41) is 3.26. The summed E-state index contributed by atoms with van der Waals surface area (Å²) in [6.07, 6.45) is 1.21. The van der Waals surface area contributed by atoms with Crippen LogP contribution in [0.15, 0.2) is 12.1 Å². The molecule has 5 heteroatoms. The Kier molecular flexibility index (Phi) is 4.15. The summed E-state index contributed by atoms with van der Waals surface area (Å²) >= 11 is 0. The number of rotatable bonds is 5. The Labute approximate surface area is 107 Å². The zero-order valence-electron chi connectivity index (χ0n) is 11.0. The summed E-state index contributed by atoms with van der Waals surface area (Å²) in [7, 11) is 4.78. The molecule has 1 heterocycles. The molecule has 1 aromatic carbocycles. The first-order chi connectivity index (χ1) is 8.78. The Bertz CT molecular complexity index is 377. The molecule has 1 fully saturated rings. The fourth-order valence-electron chi connectivity index (χ4n) is 2.05. The largest absolute Gasteiger partial charge is 0.493 e. The van der Waals surface area contributed by atoms with Crippen LogP contribution in [0.3, 0.4) is 0 Å². The second kappa shape index (κ2) is 5.82. The Hall–Kier alpha value is -1.62. The van der Waals surface area contributed by atoms with Gasteiger partial charge in [0, 0.05) is 18.7 Å². The monoisotopic (exact) mass is 253 g/mol. The molecule has 0 aromatic heterocycles. The first-order valence-electron chi connectivity index (χ1n) is 5.96. The highest BCUT2D eigenvalue weighted by atomic mass is 16.5. The predicted molar refractivity (Wildman–Crippen MR) is 68.0 cm³/mol. The van der Waals surface area contributed by atoms with E-state index in [9.17, 15) is 0 Å². The lowest BCUT2D eigenvalue weighted by molar-refractivity contribution is 0.219. The topological polar surface area (TPSA) is 49.0 Å². The lowest BCUT2D eigenvalue weighted by atomic mass is 10.2. The molecule has 2 rings (SSSR count). The number of methoxy groups -OCH3 is 3. The van der Waals surface area contributed by atoms with Gasteiger partial charge in [0.05, 0.1) is 21.3 Å². The first-order valence-corrected chi connectivity index (χ1v) is 5.96. The normalized spacial score (nSPS) is 18.5. The smallest absolute Gasteiger partial charge is 0.203 e. The van der Waals surface area contributed by atoms with Crippen molar-refractivity contribution in [2.24, 2.45) is 0 Å². The lowest BCUT2D eigenvalue weighted by Crippen LogP contribution is -2.19. The predicted octanol–water partition coefficient (Wildman–Crippen LogP) is 1.45. The second-order valence-electron chi connectivity index (χ2n) is 4.09. The van der Waals surface area contributed by atoms with E-state index in [2.05, 4.69) is 5.32 Å². The van der Waals surface area contributed by atoms with Crippen LogP contribution in [-0.2, 0) is 0 Å². The van der Waals surface area contributed by atoms with Crippen molar-refractivity contribution in [2.75, 3.05) is 34.4 Å². The quantitative estimate of drug-likeness (QED) is 0.860. The van der Waals surface area contributed by atoms with Gasteiger partial charge in [-0.2, -0.15) is 0 Å². The third-order valence-electron chi connectivity index (χ3n) is 2.96. The fraction of sp³-hybridized carbons (Fsp3) is 0.538. The van der Waals surface area contributed by atoms with Gasteiger partial charge in [0.25, 0.3) is 0 Å².